The van der Waals surface area contributed by atoms with E-state index < -0.39 is 5.97 Å². The van der Waals surface area contributed by atoms with Crippen molar-refractivity contribution in [3.63, 3.8) is 0 Å². The summed E-state index contributed by atoms with van der Waals surface area (Å²) in [7, 11) is 0. The molecule has 0 aliphatic heterocycles. The molecule has 1 amide bonds. The molecular formula is C15H20BrNO4. The average Bonchev–Trinajstić information content (AvgIpc) is 2.38. The number of anilines is 1. The molecule has 0 aromatic heterocycles. The van der Waals surface area contributed by atoms with Crippen molar-refractivity contribution in [2.24, 2.45) is 0 Å². The number of halogens is 1. The first-order chi connectivity index (χ1) is 9.73. The van der Waals surface area contributed by atoms with Crippen LogP contribution in [0.5, 0.6) is 0 Å². The van der Waals surface area contributed by atoms with Gasteiger partial charge in [0.05, 0.1) is 23.5 Å². The number of esters is 1. The maximum absolute atomic E-state index is 11.8. The first-order valence-corrected chi connectivity index (χ1v) is 7.42. The highest BCUT2D eigenvalue weighted by Crippen LogP contribution is 2.24. The molecule has 21 heavy (non-hydrogen) atoms. The Labute approximate surface area is 133 Å². The van der Waals surface area contributed by atoms with E-state index in [0.717, 1.165) is 0 Å². The van der Waals surface area contributed by atoms with Crippen molar-refractivity contribution in [3.8, 4) is 0 Å². The van der Waals surface area contributed by atoms with Crippen LogP contribution >= 0.6 is 15.9 Å². The highest BCUT2D eigenvalue weighted by atomic mass is 79.9. The molecule has 0 saturated carbocycles. The first kappa shape index (κ1) is 17.7. The van der Waals surface area contributed by atoms with Crippen LogP contribution < -0.4 is 5.32 Å². The monoisotopic (exact) mass is 357 g/mol. The van der Waals surface area contributed by atoms with Gasteiger partial charge in [0.25, 0.3) is 0 Å². The van der Waals surface area contributed by atoms with E-state index in [0.29, 0.717) is 22.3 Å². The van der Waals surface area contributed by atoms with Crippen LogP contribution in [0.1, 0.15) is 38.1 Å². The molecule has 0 radical (unpaired) electrons. The average molecular weight is 358 g/mol. The van der Waals surface area contributed by atoms with Crippen molar-refractivity contribution in [1.82, 2.24) is 0 Å². The van der Waals surface area contributed by atoms with Gasteiger partial charge in [0, 0.05) is 4.47 Å². The molecule has 0 atom stereocenters. The van der Waals surface area contributed by atoms with Gasteiger partial charge in [0.15, 0.2) is 0 Å². The zero-order chi connectivity index (χ0) is 16.0. The van der Waals surface area contributed by atoms with Gasteiger partial charge in [-0.3, -0.25) is 4.79 Å². The first-order valence-electron chi connectivity index (χ1n) is 6.63. The van der Waals surface area contributed by atoms with Crippen molar-refractivity contribution < 1.29 is 19.1 Å². The molecule has 0 aliphatic carbocycles. The van der Waals surface area contributed by atoms with Crippen LogP contribution in [-0.4, -0.2) is 30.7 Å². The van der Waals surface area contributed by atoms with Crippen LogP contribution in [0.2, 0.25) is 0 Å². The number of amides is 1. The zero-order valence-electron chi connectivity index (χ0n) is 12.7. The lowest BCUT2D eigenvalue weighted by Crippen LogP contribution is -2.27. The number of hydrogen-bond donors (Lipinski definition) is 1. The molecule has 6 heteroatoms. The van der Waals surface area contributed by atoms with Gasteiger partial charge < -0.3 is 14.8 Å². The molecule has 5 nitrogen and oxygen atoms in total. The molecule has 0 spiro atoms. The molecule has 1 N–H and O–H groups in total. The second kappa shape index (κ2) is 7.56. The second-order valence-electron chi connectivity index (χ2n) is 5.36. The van der Waals surface area contributed by atoms with Crippen LogP contribution in [0.3, 0.4) is 0 Å². The number of rotatable bonds is 5. The van der Waals surface area contributed by atoms with Gasteiger partial charge in [0.1, 0.15) is 6.61 Å². The maximum atomic E-state index is 11.8. The lowest BCUT2D eigenvalue weighted by molar-refractivity contribution is -0.125. The third kappa shape index (κ3) is 6.27. The van der Waals surface area contributed by atoms with E-state index in [1.807, 2.05) is 20.8 Å². The summed E-state index contributed by atoms with van der Waals surface area (Å²) in [6, 6.07) is 4.85. The molecule has 0 aliphatic rings. The fourth-order valence-corrected chi connectivity index (χ4v) is 1.90. The molecule has 0 saturated heterocycles. The molecule has 0 bridgehead atoms. The summed E-state index contributed by atoms with van der Waals surface area (Å²) in [6.07, 6.45) is 0. The largest absolute Gasteiger partial charge is 0.462 e. The summed E-state index contributed by atoms with van der Waals surface area (Å²) in [5.41, 5.74) is 0.626. The minimum Gasteiger partial charge on any atom is -0.462 e. The van der Waals surface area contributed by atoms with Gasteiger partial charge in [-0.25, -0.2) is 4.79 Å². The van der Waals surface area contributed by atoms with Crippen molar-refractivity contribution in [2.75, 3.05) is 18.5 Å². The fraction of sp³-hybridized carbons (Fsp3) is 0.467. The smallest absolute Gasteiger partial charge is 0.338 e. The summed E-state index contributed by atoms with van der Waals surface area (Å²) in [4.78, 5) is 23.4. The Hall–Kier alpha value is -1.40. The van der Waals surface area contributed by atoms with E-state index in [1.165, 1.54) is 0 Å². The standard InChI is InChI=1S/C15H20BrNO4/c1-5-20-14(19)10-6-7-12(11(16)8-10)17-13(18)9-21-15(2,3)4/h6-8H,5,9H2,1-4H3,(H,17,18). The Morgan fingerprint density at radius 3 is 2.48 bits per heavy atom. The Balaban J connectivity index is 2.68. The SMILES string of the molecule is CCOC(=O)c1ccc(NC(=O)COC(C)(C)C)c(Br)c1. The van der Waals surface area contributed by atoms with E-state index in [2.05, 4.69) is 21.2 Å². The van der Waals surface area contributed by atoms with Gasteiger partial charge >= 0.3 is 5.97 Å². The molecule has 1 aromatic carbocycles. The molecule has 0 fully saturated rings. The minimum atomic E-state index is -0.396. The van der Waals surface area contributed by atoms with Gasteiger partial charge in [0.2, 0.25) is 5.91 Å². The summed E-state index contributed by atoms with van der Waals surface area (Å²) < 4.78 is 10.9. The van der Waals surface area contributed by atoms with Crippen LogP contribution in [0.15, 0.2) is 22.7 Å². The predicted octanol–water partition coefficient (Wildman–Crippen LogP) is 3.38. The lowest BCUT2D eigenvalue weighted by atomic mass is 10.2. The number of ether oxygens (including phenoxy) is 2. The zero-order valence-corrected chi connectivity index (χ0v) is 14.2. The third-order valence-electron chi connectivity index (χ3n) is 2.39. The van der Waals surface area contributed by atoms with Crippen LogP contribution in [-0.2, 0) is 14.3 Å². The Morgan fingerprint density at radius 1 is 1.29 bits per heavy atom. The van der Waals surface area contributed by atoms with E-state index in [4.69, 9.17) is 9.47 Å². The summed E-state index contributed by atoms with van der Waals surface area (Å²) in [5.74, 6) is -0.651. The van der Waals surface area contributed by atoms with Gasteiger partial charge in [-0.15, -0.1) is 0 Å². The van der Waals surface area contributed by atoms with Crippen molar-refractivity contribution in [2.45, 2.75) is 33.3 Å². The lowest BCUT2D eigenvalue weighted by Gasteiger charge is -2.19. The third-order valence-corrected chi connectivity index (χ3v) is 3.05. The predicted molar refractivity (Wildman–Crippen MR) is 84.4 cm³/mol. The molecule has 0 heterocycles. The molecular weight excluding hydrogens is 338 g/mol. The number of nitrogens with one attached hydrogen (secondary N) is 1. The van der Waals surface area contributed by atoms with E-state index in [9.17, 15) is 9.59 Å². The number of benzene rings is 1. The van der Waals surface area contributed by atoms with E-state index in [-0.39, 0.29) is 18.1 Å². The normalized spacial score (nSPS) is 11.1. The van der Waals surface area contributed by atoms with Gasteiger partial charge in [-0.1, -0.05) is 0 Å². The Kier molecular flexibility index (Phi) is 6.36. The van der Waals surface area contributed by atoms with Gasteiger partial charge in [-0.05, 0) is 61.8 Å². The molecule has 1 rings (SSSR count). The highest BCUT2D eigenvalue weighted by Gasteiger charge is 2.14. The number of carbonyl (C=O) groups excluding carboxylic acids is 2. The molecule has 1 aromatic rings. The maximum Gasteiger partial charge on any atom is 0.338 e. The number of hydrogen-bond acceptors (Lipinski definition) is 4. The van der Waals surface area contributed by atoms with Crippen molar-refractivity contribution in [1.29, 1.82) is 0 Å². The van der Waals surface area contributed by atoms with Crippen molar-refractivity contribution >= 4 is 33.5 Å². The van der Waals surface area contributed by atoms with Crippen LogP contribution in [0.25, 0.3) is 0 Å². The van der Waals surface area contributed by atoms with Crippen LogP contribution in [0.4, 0.5) is 5.69 Å². The quantitative estimate of drug-likeness (QED) is 0.820. The molecule has 116 valence electrons. The Bertz CT molecular complexity index is 523. The minimum absolute atomic E-state index is 0.0322. The fourth-order valence-electron chi connectivity index (χ4n) is 1.43. The summed E-state index contributed by atoms with van der Waals surface area (Å²) in [6.45, 7) is 7.67. The summed E-state index contributed by atoms with van der Waals surface area (Å²) in [5, 5.41) is 2.72. The van der Waals surface area contributed by atoms with Crippen molar-refractivity contribution in [3.05, 3.63) is 28.2 Å². The molecule has 0 unspecified atom stereocenters. The van der Waals surface area contributed by atoms with E-state index in [1.54, 1.807) is 25.1 Å². The van der Waals surface area contributed by atoms with Gasteiger partial charge in [-0.2, -0.15) is 0 Å². The second-order valence-corrected chi connectivity index (χ2v) is 6.22. The Morgan fingerprint density at radius 2 is 1.95 bits per heavy atom. The highest BCUT2D eigenvalue weighted by molar-refractivity contribution is 9.10. The summed E-state index contributed by atoms with van der Waals surface area (Å²) >= 11 is 3.32. The van der Waals surface area contributed by atoms with Crippen LogP contribution in [0, 0.1) is 0 Å². The van der Waals surface area contributed by atoms with E-state index >= 15 is 0 Å². The topological polar surface area (TPSA) is 64.6 Å². The number of carbonyl (C=O) groups is 2.